The molecule has 1 aliphatic carbocycles. The van der Waals surface area contributed by atoms with Crippen molar-refractivity contribution >= 4 is 11.8 Å². The van der Waals surface area contributed by atoms with E-state index < -0.39 is 5.97 Å². The van der Waals surface area contributed by atoms with Gasteiger partial charge in [0, 0.05) is 18.4 Å². The zero-order valence-electron chi connectivity index (χ0n) is 14.5. The van der Waals surface area contributed by atoms with Crippen molar-refractivity contribution in [2.24, 2.45) is 11.8 Å². The molecule has 1 N–H and O–H groups in total. The zero-order chi connectivity index (χ0) is 16.9. The smallest absolute Gasteiger partial charge is 0.328 e. The molecule has 2 atom stereocenters. The van der Waals surface area contributed by atoms with Gasteiger partial charge in [-0.1, -0.05) is 57.3 Å². The number of unbranched alkanes of at least 4 members (excludes halogenated alkanes) is 4. The molecule has 0 saturated heterocycles. The van der Waals surface area contributed by atoms with Gasteiger partial charge < -0.3 is 5.11 Å². The minimum absolute atomic E-state index is 0.282. The summed E-state index contributed by atoms with van der Waals surface area (Å²) in [6.45, 7) is 2.21. The fourth-order valence-corrected chi connectivity index (χ4v) is 3.52. The number of Topliss-reactive ketones (excluding diaryl/α,β-unsaturated/α-hetero) is 1. The quantitative estimate of drug-likeness (QED) is 0.301. The second kappa shape index (κ2) is 12.1. The van der Waals surface area contributed by atoms with Crippen LogP contribution < -0.4 is 0 Å². The molecule has 130 valence electrons. The molecule has 0 aliphatic heterocycles. The number of carbonyl (C=O) groups excluding carboxylic acids is 1. The summed E-state index contributed by atoms with van der Waals surface area (Å²) in [5.41, 5.74) is 0. The van der Waals surface area contributed by atoms with Gasteiger partial charge in [-0.2, -0.15) is 0 Å². The van der Waals surface area contributed by atoms with E-state index in [1.165, 1.54) is 38.5 Å². The maximum atomic E-state index is 12.4. The molecule has 1 fully saturated rings. The first kappa shape index (κ1) is 19.7. The predicted molar refractivity (Wildman–Crippen MR) is 94.4 cm³/mol. The SMILES string of the molecule is CCCCCCCC(=O)[C@H]1CCC[C@@H]1CCC=CC=CC(=O)O. The summed E-state index contributed by atoms with van der Waals surface area (Å²) in [4.78, 5) is 22.7. The lowest BCUT2D eigenvalue weighted by molar-refractivity contribution is -0.131. The van der Waals surface area contributed by atoms with E-state index in [1.807, 2.05) is 6.08 Å². The zero-order valence-corrected chi connectivity index (χ0v) is 14.5. The Labute approximate surface area is 140 Å². The molecule has 0 heterocycles. The van der Waals surface area contributed by atoms with Gasteiger partial charge in [0.1, 0.15) is 5.78 Å². The van der Waals surface area contributed by atoms with E-state index in [-0.39, 0.29) is 5.92 Å². The van der Waals surface area contributed by atoms with E-state index in [4.69, 9.17) is 5.11 Å². The summed E-state index contributed by atoms with van der Waals surface area (Å²) >= 11 is 0. The third-order valence-corrected chi connectivity index (χ3v) is 4.79. The molecule has 0 amide bonds. The standard InChI is InChI=1S/C20H32O3/c1-2-3-4-5-9-15-19(21)18-14-11-13-17(18)12-8-6-7-10-16-20(22)23/h6-7,10,16-18H,2-5,8-9,11-15H2,1H3,(H,22,23)/t17-,18-/m0/s1. The largest absolute Gasteiger partial charge is 0.478 e. The summed E-state index contributed by atoms with van der Waals surface area (Å²) in [7, 11) is 0. The van der Waals surface area contributed by atoms with Crippen LogP contribution in [-0.4, -0.2) is 16.9 Å². The Balaban J connectivity index is 2.24. The summed E-state index contributed by atoms with van der Waals surface area (Å²) in [5, 5.41) is 8.50. The molecule has 23 heavy (non-hydrogen) atoms. The van der Waals surface area contributed by atoms with Crippen molar-refractivity contribution in [3.8, 4) is 0 Å². The summed E-state index contributed by atoms with van der Waals surface area (Å²) < 4.78 is 0. The topological polar surface area (TPSA) is 54.4 Å². The Morgan fingerprint density at radius 3 is 2.61 bits per heavy atom. The van der Waals surface area contributed by atoms with Gasteiger partial charge in [0.05, 0.1) is 0 Å². The monoisotopic (exact) mass is 320 g/mol. The van der Waals surface area contributed by atoms with Gasteiger partial charge in [-0.05, 0) is 38.0 Å². The molecule has 0 spiro atoms. The van der Waals surface area contributed by atoms with Gasteiger partial charge in [0.2, 0.25) is 0 Å². The molecule has 1 rings (SSSR count). The first-order valence-electron chi connectivity index (χ1n) is 9.24. The lowest BCUT2D eigenvalue weighted by atomic mass is 9.86. The summed E-state index contributed by atoms with van der Waals surface area (Å²) in [5.74, 6) is 0.379. The number of carbonyl (C=O) groups is 2. The molecule has 0 aromatic carbocycles. The summed E-state index contributed by atoms with van der Waals surface area (Å²) in [6, 6.07) is 0. The number of carboxylic acids is 1. The van der Waals surface area contributed by atoms with Crippen molar-refractivity contribution < 1.29 is 14.7 Å². The fraction of sp³-hybridized carbons (Fsp3) is 0.700. The van der Waals surface area contributed by atoms with E-state index in [1.54, 1.807) is 12.2 Å². The van der Waals surface area contributed by atoms with E-state index in [0.29, 0.717) is 11.7 Å². The minimum Gasteiger partial charge on any atom is -0.478 e. The first-order valence-corrected chi connectivity index (χ1v) is 9.24. The van der Waals surface area contributed by atoms with E-state index in [2.05, 4.69) is 6.92 Å². The fourth-order valence-electron chi connectivity index (χ4n) is 3.52. The molecule has 0 radical (unpaired) electrons. The number of hydrogen-bond donors (Lipinski definition) is 1. The number of hydrogen-bond acceptors (Lipinski definition) is 2. The molecular formula is C20H32O3. The highest BCUT2D eigenvalue weighted by atomic mass is 16.4. The maximum Gasteiger partial charge on any atom is 0.328 e. The Kier molecular flexibility index (Phi) is 10.3. The van der Waals surface area contributed by atoms with Gasteiger partial charge in [-0.3, -0.25) is 4.79 Å². The van der Waals surface area contributed by atoms with Crippen LogP contribution in [0.25, 0.3) is 0 Å². The van der Waals surface area contributed by atoms with Gasteiger partial charge in [0.25, 0.3) is 0 Å². The Morgan fingerprint density at radius 2 is 1.87 bits per heavy atom. The van der Waals surface area contributed by atoms with Crippen LogP contribution in [0.3, 0.4) is 0 Å². The molecule has 0 bridgehead atoms. The van der Waals surface area contributed by atoms with Crippen LogP contribution in [0.2, 0.25) is 0 Å². The Hall–Kier alpha value is -1.38. The number of allylic oxidation sites excluding steroid dienone is 3. The van der Waals surface area contributed by atoms with Crippen LogP contribution in [0.15, 0.2) is 24.3 Å². The molecule has 0 aromatic rings. The molecular weight excluding hydrogens is 288 g/mol. The number of carboxylic acid groups (broad SMARTS) is 1. The normalized spacial score (nSPS) is 21.4. The van der Waals surface area contributed by atoms with Crippen molar-refractivity contribution in [2.45, 2.75) is 77.6 Å². The van der Waals surface area contributed by atoms with Crippen LogP contribution in [0.5, 0.6) is 0 Å². The van der Waals surface area contributed by atoms with Gasteiger partial charge in [-0.15, -0.1) is 0 Å². The molecule has 1 saturated carbocycles. The van der Waals surface area contributed by atoms with Crippen molar-refractivity contribution in [1.82, 2.24) is 0 Å². The highest BCUT2D eigenvalue weighted by Gasteiger charge is 2.31. The molecule has 3 heteroatoms. The predicted octanol–water partition coefficient (Wildman–Crippen LogP) is 5.31. The van der Waals surface area contributed by atoms with Crippen LogP contribution in [-0.2, 0) is 9.59 Å². The highest BCUT2D eigenvalue weighted by molar-refractivity contribution is 5.81. The number of aliphatic carboxylic acids is 1. The third kappa shape index (κ3) is 8.73. The van der Waals surface area contributed by atoms with Gasteiger partial charge >= 0.3 is 5.97 Å². The second-order valence-corrected chi connectivity index (χ2v) is 6.63. The van der Waals surface area contributed by atoms with Gasteiger partial charge in [0.15, 0.2) is 0 Å². The number of ketones is 1. The van der Waals surface area contributed by atoms with Crippen molar-refractivity contribution in [1.29, 1.82) is 0 Å². The van der Waals surface area contributed by atoms with Crippen molar-refractivity contribution in [3.63, 3.8) is 0 Å². The van der Waals surface area contributed by atoms with Crippen molar-refractivity contribution in [3.05, 3.63) is 24.3 Å². The van der Waals surface area contributed by atoms with Crippen LogP contribution >= 0.6 is 0 Å². The van der Waals surface area contributed by atoms with Crippen molar-refractivity contribution in [2.75, 3.05) is 0 Å². The second-order valence-electron chi connectivity index (χ2n) is 6.63. The molecule has 0 aromatic heterocycles. The summed E-state index contributed by atoms with van der Waals surface area (Å²) in [6.07, 6.45) is 18.7. The van der Waals surface area contributed by atoms with Gasteiger partial charge in [-0.25, -0.2) is 4.79 Å². The molecule has 3 nitrogen and oxygen atoms in total. The van der Waals surface area contributed by atoms with Crippen LogP contribution in [0.1, 0.15) is 77.6 Å². The highest BCUT2D eigenvalue weighted by Crippen LogP contribution is 2.36. The molecule has 0 unspecified atom stereocenters. The maximum absolute atomic E-state index is 12.4. The Morgan fingerprint density at radius 1 is 1.09 bits per heavy atom. The lowest BCUT2D eigenvalue weighted by Crippen LogP contribution is -2.18. The van der Waals surface area contributed by atoms with E-state index in [9.17, 15) is 9.59 Å². The third-order valence-electron chi connectivity index (χ3n) is 4.79. The van der Waals surface area contributed by atoms with E-state index >= 15 is 0 Å². The average molecular weight is 320 g/mol. The Bertz CT molecular complexity index is 409. The van der Waals surface area contributed by atoms with E-state index in [0.717, 1.165) is 38.2 Å². The minimum atomic E-state index is -0.921. The molecule has 1 aliphatic rings. The van der Waals surface area contributed by atoms with Crippen LogP contribution in [0.4, 0.5) is 0 Å². The number of rotatable bonds is 12. The lowest BCUT2D eigenvalue weighted by Gasteiger charge is -2.17. The van der Waals surface area contributed by atoms with Crippen LogP contribution in [0, 0.1) is 11.8 Å². The first-order chi connectivity index (χ1) is 11.1. The average Bonchev–Trinajstić information content (AvgIpc) is 2.98.